The van der Waals surface area contributed by atoms with Crippen LogP contribution in [-0.2, 0) is 0 Å². The van der Waals surface area contributed by atoms with Gasteiger partial charge in [-0.05, 0) is 31.9 Å². The van der Waals surface area contributed by atoms with E-state index in [1.807, 2.05) is 19.9 Å². The molecular weight excluding hydrogens is 216 g/mol. The fourth-order valence-corrected chi connectivity index (χ4v) is 1.43. The van der Waals surface area contributed by atoms with Gasteiger partial charge in [-0.3, -0.25) is 0 Å². The van der Waals surface area contributed by atoms with E-state index in [0.29, 0.717) is 24.5 Å². The molecule has 0 heterocycles. The first-order valence-electron chi connectivity index (χ1n) is 5.52. The molecule has 17 heavy (non-hydrogen) atoms. The van der Waals surface area contributed by atoms with E-state index in [2.05, 4.69) is 4.98 Å². The summed E-state index contributed by atoms with van der Waals surface area (Å²) in [6.07, 6.45) is 0.598. The van der Waals surface area contributed by atoms with E-state index in [0.717, 1.165) is 11.1 Å². The number of hydrogen-bond acceptors (Lipinski definition) is 3. The molecule has 0 bridgehead atoms. The van der Waals surface area contributed by atoms with Gasteiger partial charge in [0.1, 0.15) is 6.61 Å². The lowest BCUT2D eigenvalue weighted by molar-refractivity contribution is 0.284. The summed E-state index contributed by atoms with van der Waals surface area (Å²) in [4.78, 5) is 3.15. The number of benzene rings is 1. The fraction of sp³-hybridized carbons (Fsp3) is 0.385. The largest absolute Gasteiger partial charge is 0.481 e. The molecule has 1 rings (SSSR count). The fourth-order valence-electron chi connectivity index (χ4n) is 1.43. The first-order chi connectivity index (χ1) is 8.19. The molecule has 0 saturated carbocycles. The van der Waals surface area contributed by atoms with Gasteiger partial charge in [-0.1, -0.05) is 17.7 Å². The highest BCUT2D eigenvalue weighted by atomic mass is 16.5. The number of para-hydroxylation sites is 1. The van der Waals surface area contributed by atoms with Gasteiger partial charge in [0.15, 0.2) is 4.98 Å². The zero-order chi connectivity index (χ0) is 12.7. The molecule has 4 heteroatoms. The molecule has 0 aliphatic heterocycles. The average Bonchev–Trinajstić information content (AvgIpc) is 2.34. The van der Waals surface area contributed by atoms with Crippen molar-refractivity contribution in [2.24, 2.45) is 0 Å². The van der Waals surface area contributed by atoms with Gasteiger partial charge in [0.05, 0.1) is 0 Å². The monoisotopic (exact) mass is 233 g/mol. The molecule has 0 aliphatic rings. The molecule has 90 valence electrons. The summed E-state index contributed by atoms with van der Waals surface area (Å²) in [6, 6.07) is 7.01. The van der Waals surface area contributed by atoms with Crippen LogP contribution in [0.3, 0.4) is 0 Å². The van der Waals surface area contributed by atoms with Gasteiger partial charge in [-0.25, -0.2) is 0 Å². The lowest BCUT2D eigenvalue weighted by Gasteiger charge is -2.09. The van der Waals surface area contributed by atoms with Crippen molar-refractivity contribution in [2.45, 2.75) is 20.3 Å². The number of aliphatic hydroxyl groups is 1. The molecule has 0 spiro atoms. The Bertz CT molecular complexity index is 443. The van der Waals surface area contributed by atoms with Crippen molar-refractivity contribution in [1.82, 2.24) is 0 Å². The number of diazo groups is 1. The van der Waals surface area contributed by atoms with Crippen LogP contribution in [0.25, 0.3) is 4.98 Å². The maximum atomic E-state index is 8.94. The molecule has 1 aromatic carbocycles. The second kappa shape index (κ2) is 6.66. The van der Waals surface area contributed by atoms with E-state index in [1.165, 1.54) is 0 Å². The van der Waals surface area contributed by atoms with Gasteiger partial charge >= 0.3 is 5.69 Å². The highest BCUT2D eigenvalue weighted by molar-refractivity contribution is 5.56. The van der Waals surface area contributed by atoms with Crippen LogP contribution in [0.2, 0.25) is 0 Å². The molecule has 0 amide bonds. The zero-order valence-electron chi connectivity index (χ0n) is 10.2. The molecule has 0 radical (unpaired) electrons. The van der Waals surface area contributed by atoms with Crippen LogP contribution >= 0.6 is 0 Å². The molecule has 0 fully saturated rings. The summed E-state index contributed by atoms with van der Waals surface area (Å²) in [6.45, 7) is 4.47. The average molecular weight is 233 g/mol. The number of ether oxygens (including phenoxy) is 1. The predicted octanol–water partition coefficient (Wildman–Crippen LogP) is 3.27. The van der Waals surface area contributed by atoms with Crippen molar-refractivity contribution in [3.05, 3.63) is 40.4 Å². The van der Waals surface area contributed by atoms with E-state index in [-0.39, 0.29) is 6.61 Å². The van der Waals surface area contributed by atoms with Crippen LogP contribution in [-0.4, -0.2) is 18.3 Å². The maximum Gasteiger partial charge on any atom is 0.426 e. The standard InChI is InChI=1S/C13H17N2O2/c1-10(2)11(7-8-16)9-17-13-6-4-3-5-12(13)15-14/h3-6,16H,7-9H2,1-2H3/q+1. The molecule has 4 nitrogen and oxygen atoms in total. The molecule has 0 atom stereocenters. The third-order valence-corrected chi connectivity index (χ3v) is 2.50. The number of rotatable bonds is 5. The van der Waals surface area contributed by atoms with Gasteiger partial charge in [-0.2, -0.15) is 0 Å². The first kappa shape index (κ1) is 13.2. The normalized spacial score (nSPS) is 9.53. The van der Waals surface area contributed by atoms with Crippen molar-refractivity contribution < 1.29 is 9.84 Å². The molecular formula is C13H17N2O2+. The number of aliphatic hydroxyl groups excluding tert-OH is 1. The van der Waals surface area contributed by atoms with Gasteiger partial charge in [0, 0.05) is 12.7 Å². The second-order valence-corrected chi connectivity index (χ2v) is 3.93. The van der Waals surface area contributed by atoms with Crippen LogP contribution in [0.1, 0.15) is 20.3 Å². The van der Waals surface area contributed by atoms with E-state index in [1.54, 1.807) is 18.2 Å². The number of nitrogens with zero attached hydrogens (tertiary/aromatic N) is 2. The van der Waals surface area contributed by atoms with Gasteiger partial charge in [0.2, 0.25) is 11.1 Å². The van der Waals surface area contributed by atoms with Gasteiger partial charge in [-0.15, -0.1) is 0 Å². The SMILES string of the molecule is CC(C)=C(CCO)COc1ccccc1[N+]#N. The second-order valence-electron chi connectivity index (χ2n) is 3.93. The maximum absolute atomic E-state index is 8.94. The topological polar surface area (TPSA) is 57.6 Å². The smallest absolute Gasteiger partial charge is 0.426 e. The molecule has 0 aromatic heterocycles. The summed E-state index contributed by atoms with van der Waals surface area (Å²) in [5, 5.41) is 17.7. The van der Waals surface area contributed by atoms with E-state index < -0.39 is 0 Å². The summed E-state index contributed by atoms with van der Waals surface area (Å²) >= 11 is 0. The summed E-state index contributed by atoms with van der Waals surface area (Å²) < 4.78 is 5.58. The van der Waals surface area contributed by atoms with Gasteiger partial charge in [0.25, 0.3) is 0 Å². The Balaban J connectivity index is 2.73. The summed E-state index contributed by atoms with van der Waals surface area (Å²) in [5.74, 6) is 0.534. The zero-order valence-corrected chi connectivity index (χ0v) is 10.2. The Kier molecular flexibility index (Phi) is 5.18. The lowest BCUT2D eigenvalue weighted by Crippen LogP contribution is -2.04. The highest BCUT2D eigenvalue weighted by Crippen LogP contribution is 2.27. The molecule has 0 unspecified atom stereocenters. The Morgan fingerprint density at radius 1 is 1.35 bits per heavy atom. The minimum Gasteiger partial charge on any atom is -0.481 e. The van der Waals surface area contributed by atoms with Crippen LogP contribution in [0.5, 0.6) is 5.75 Å². The summed E-state index contributed by atoms with van der Waals surface area (Å²) in [7, 11) is 0. The van der Waals surface area contributed by atoms with Crippen LogP contribution in [0.15, 0.2) is 35.4 Å². The highest BCUT2D eigenvalue weighted by Gasteiger charge is 2.13. The lowest BCUT2D eigenvalue weighted by atomic mass is 10.1. The Morgan fingerprint density at radius 2 is 2.06 bits per heavy atom. The van der Waals surface area contributed by atoms with E-state index in [9.17, 15) is 0 Å². The minimum absolute atomic E-state index is 0.107. The minimum atomic E-state index is 0.107. The third-order valence-electron chi connectivity index (χ3n) is 2.50. The first-order valence-corrected chi connectivity index (χ1v) is 5.52. The van der Waals surface area contributed by atoms with Crippen molar-refractivity contribution in [3.8, 4) is 5.75 Å². The Morgan fingerprint density at radius 3 is 2.65 bits per heavy atom. The Hall–Kier alpha value is -1.86. The Labute approximate surface area is 101 Å². The number of hydrogen-bond donors (Lipinski definition) is 1. The summed E-state index contributed by atoms with van der Waals surface area (Å²) in [5.41, 5.74) is 2.60. The van der Waals surface area contributed by atoms with Crippen molar-refractivity contribution in [2.75, 3.05) is 13.2 Å². The molecule has 1 aromatic rings. The quantitative estimate of drug-likeness (QED) is 0.627. The van der Waals surface area contributed by atoms with Crippen molar-refractivity contribution in [1.29, 1.82) is 5.39 Å². The van der Waals surface area contributed by atoms with Crippen molar-refractivity contribution in [3.63, 3.8) is 0 Å². The van der Waals surface area contributed by atoms with Crippen LogP contribution < -0.4 is 4.74 Å². The molecule has 0 saturated heterocycles. The predicted molar refractivity (Wildman–Crippen MR) is 66.8 cm³/mol. The van der Waals surface area contributed by atoms with Gasteiger partial charge < -0.3 is 9.84 Å². The van der Waals surface area contributed by atoms with Crippen LogP contribution in [0, 0.1) is 5.39 Å². The molecule has 1 N–H and O–H groups in total. The van der Waals surface area contributed by atoms with Crippen LogP contribution in [0.4, 0.5) is 5.69 Å². The van der Waals surface area contributed by atoms with E-state index in [4.69, 9.17) is 15.2 Å². The molecule has 0 aliphatic carbocycles. The van der Waals surface area contributed by atoms with Crippen molar-refractivity contribution >= 4 is 5.69 Å². The van der Waals surface area contributed by atoms with E-state index >= 15 is 0 Å². The number of allylic oxidation sites excluding steroid dienone is 1. The third kappa shape index (κ3) is 3.89.